The molecule has 39 heavy (non-hydrogen) atoms. The van der Waals surface area contributed by atoms with Crippen LogP contribution < -0.4 is 0 Å². The Morgan fingerprint density at radius 2 is 0.897 bits per heavy atom. The van der Waals surface area contributed by atoms with Crippen molar-refractivity contribution < 1.29 is 0 Å². The molecule has 0 saturated heterocycles. The van der Waals surface area contributed by atoms with E-state index in [-0.39, 0.29) is 0 Å². The highest BCUT2D eigenvalue weighted by Gasteiger charge is 2.14. The minimum Gasteiger partial charge on any atom is -0.309 e. The normalized spacial score (nSPS) is 12.1. The van der Waals surface area contributed by atoms with E-state index in [1.54, 1.807) is 0 Å². The minimum absolute atomic E-state index is 1.21. The topological polar surface area (TPSA) is 4.93 Å². The van der Waals surface area contributed by atoms with E-state index in [1.807, 2.05) is 22.7 Å². The second-order valence-corrected chi connectivity index (χ2v) is 12.3. The Hall–Kier alpha value is -4.44. The molecule has 0 aliphatic carbocycles. The van der Waals surface area contributed by atoms with Crippen molar-refractivity contribution in [3.05, 3.63) is 127 Å². The molecule has 0 atom stereocenters. The van der Waals surface area contributed by atoms with Gasteiger partial charge in [-0.25, -0.2) is 0 Å². The van der Waals surface area contributed by atoms with Crippen molar-refractivity contribution in [1.29, 1.82) is 0 Å². The van der Waals surface area contributed by atoms with Gasteiger partial charge in [-0.2, -0.15) is 0 Å². The highest BCUT2D eigenvalue weighted by molar-refractivity contribution is 7.26. The summed E-state index contributed by atoms with van der Waals surface area (Å²) in [5, 5.41) is 7.94. The molecule has 0 aliphatic heterocycles. The number of thiophene rings is 2. The third kappa shape index (κ3) is 3.12. The number of benzene rings is 6. The molecule has 3 aromatic heterocycles. The van der Waals surface area contributed by atoms with E-state index in [4.69, 9.17) is 0 Å². The van der Waals surface area contributed by atoms with Crippen LogP contribution in [-0.4, -0.2) is 4.57 Å². The van der Waals surface area contributed by atoms with Crippen LogP contribution in [0.25, 0.3) is 79.0 Å². The van der Waals surface area contributed by atoms with E-state index in [0.29, 0.717) is 0 Å². The van der Waals surface area contributed by atoms with Crippen molar-refractivity contribution >= 4 is 84.8 Å². The van der Waals surface area contributed by atoms with E-state index in [1.165, 1.54) is 79.0 Å². The molecular formula is C36H21NS2. The van der Waals surface area contributed by atoms with Crippen LogP contribution in [0, 0.1) is 0 Å². The first-order chi connectivity index (χ1) is 19.3. The minimum atomic E-state index is 1.21. The standard InChI is InChI=1S/C36H21NS2/c1-4-10-31-25(7-1)26-8-2-5-11-32(26)37(31)24-15-17-29-30-19-22(14-18-34(30)39-36(29)21-24)23-13-16-28-27-9-3-6-12-33(27)38-35(28)20-23/h1-21H. The largest absolute Gasteiger partial charge is 0.309 e. The molecule has 0 bridgehead atoms. The molecule has 0 N–H and O–H groups in total. The van der Waals surface area contributed by atoms with Gasteiger partial charge in [0.2, 0.25) is 0 Å². The van der Waals surface area contributed by atoms with Gasteiger partial charge in [-0.05, 0) is 59.7 Å². The maximum absolute atomic E-state index is 2.40. The highest BCUT2D eigenvalue weighted by atomic mass is 32.1. The first kappa shape index (κ1) is 21.5. The predicted molar refractivity (Wildman–Crippen MR) is 172 cm³/mol. The van der Waals surface area contributed by atoms with E-state index in [9.17, 15) is 0 Å². The Labute approximate surface area is 232 Å². The monoisotopic (exact) mass is 531 g/mol. The molecule has 0 fully saturated rings. The molecular weight excluding hydrogens is 511 g/mol. The van der Waals surface area contributed by atoms with Gasteiger partial charge in [0.1, 0.15) is 0 Å². The van der Waals surface area contributed by atoms with Crippen molar-refractivity contribution in [3.63, 3.8) is 0 Å². The Morgan fingerprint density at radius 3 is 1.69 bits per heavy atom. The van der Waals surface area contributed by atoms with Crippen molar-refractivity contribution in [1.82, 2.24) is 4.57 Å². The molecule has 3 heteroatoms. The molecule has 9 rings (SSSR count). The summed E-state index contributed by atoms with van der Waals surface area (Å²) in [6.45, 7) is 0. The van der Waals surface area contributed by atoms with Gasteiger partial charge >= 0.3 is 0 Å². The van der Waals surface area contributed by atoms with Crippen molar-refractivity contribution in [2.45, 2.75) is 0 Å². The number of hydrogen-bond donors (Lipinski definition) is 0. The zero-order valence-electron chi connectivity index (χ0n) is 20.9. The fraction of sp³-hybridized carbons (Fsp3) is 0. The van der Waals surface area contributed by atoms with Gasteiger partial charge in [-0.15, -0.1) is 22.7 Å². The van der Waals surface area contributed by atoms with Crippen LogP contribution in [0.5, 0.6) is 0 Å². The van der Waals surface area contributed by atoms with E-state index in [2.05, 4.69) is 132 Å². The summed E-state index contributed by atoms with van der Waals surface area (Å²) in [5.41, 5.74) is 6.25. The third-order valence-corrected chi connectivity index (χ3v) is 10.3. The van der Waals surface area contributed by atoms with Gasteiger partial charge in [0.25, 0.3) is 0 Å². The Balaban J connectivity index is 1.21. The Bertz CT molecular complexity index is 2350. The summed E-state index contributed by atoms with van der Waals surface area (Å²) < 4.78 is 7.75. The van der Waals surface area contributed by atoms with Gasteiger partial charge in [-0.3, -0.25) is 0 Å². The molecule has 9 aromatic rings. The Kier molecular flexibility index (Phi) is 4.43. The van der Waals surface area contributed by atoms with Gasteiger partial charge in [-0.1, -0.05) is 78.9 Å². The SMILES string of the molecule is c1ccc2c(c1)sc1cc(-c3ccc4sc5cc(-n6c7ccccc7c7ccccc76)ccc5c4c3)ccc12. The number of fused-ring (bicyclic) bond motifs is 9. The molecule has 3 heterocycles. The lowest BCUT2D eigenvalue weighted by Crippen LogP contribution is -1.92. The van der Waals surface area contributed by atoms with Gasteiger partial charge in [0, 0.05) is 56.8 Å². The second kappa shape index (κ2) is 8.03. The van der Waals surface area contributed by atoms with Gasteiger partial charge in [0.15, 0.2) is 0 Å². The van der Waals surface area contributed by atoms with Gasteiger partial charge < -0.3 is 4.57 Å². The van der Waals surface area contributed by atoms with Crippen LogP contribution in [0.2, 0.25) is 0 Å². The molecule has 0 unspecified atom stereocenters. The highest BCUT2D eigenvalue weighted by Crippen LogP contribution is 2.41. The predicted octanol–water partition coefficient (Wildman–Crippen LogP) is 11.2. The molecule has 0 aliphatic rings. The zero-order valence-corrected chi connectivity index (χ0v) is 22.5. The summed E-state index contributed by atoms with van der Waals surface area (Å²) in [7, 11) is 0. The van der Waals surface area contributed by atoms with Crippen molar-refractivity contribution in [2.24, 2.45) is 0 Å². The molecule has 0 amide bonds. The quantitative estimate of drug-likeness (QED) is 0.209. The van der Waals surface area contributed by atoms with Crippen LogP contribution >= 0.6 is 22.7 Å². The molecule has 182 valence electrons. The van der Waals surface area contributed by atoms with Crippen LogP contribution in [0.1, 0.15) is 0 Å². The first-order valence-electron chi connectivity index (χ1n) is 13.2. The van der Waals surface area contributed by atoms with E-state index in [0.717, 1.165) is 0 Å². The number of para-hydroxylation sites is 2. The fourth-order valence-electron chi connectivity index (χ4n) is 6.19. The van der Waals surface area contributed by atoms with E-state index < -0.39 is 0 Å². The summed E-state index contributed by atoms with van der Waals surface area (Å²) >= 11 is 3.76. The zero-order chi connectivity index (χ0) is 25.5. The molecule has 0 spiro atoms. The molecule has 1 nitrogen and oxygen atoms in total. The van der Waals surface area contributed by atoms with Crippen LogP contribution in [-0.2, 0) is 0 Å². The fourth-order valence-corrected chi connectivity index (χ4v) is 8.46. The van der Waals surface area contributed by atoms with Crippen molar-refractivity contribution in [3.8, 4) is 16.8 Å². The lowest BCUT2D eigenvalue weighted by molar-refractivity contribution is 1.19. The van der Waals surface area contributed by atoms with Crippen molar-refractivity contribution in [2.75, 3.05) is 0 Å². The third-order valence-electron chi connectivity index (χ3n) is 8.01. The number of nitrogens with zero attached hydrogens (tertiary/aromatic N) is 1. The van der Waals surface area contributed by atoms with Gasteiger partial charge in [0.05, 0.1) is 11.0 Å². The summed E-state index contributed by atoms with van der Waals surface area (Å²) in [5.74, 6) is 0. The average Bonchev–Trinajstić information content (AvgIpc) is 3.65. The first-order valence-corrected chi connectivity index (χ1v) is 14.8. The second-order valence-electron chi connectivity index (χ2n) is 10.2. The Morgan fingerprint density at radius 1 is 0.359 bits per heavy atom. The summed E-state index contributed by atoms with van der Waals surface area (Å²) in [6, 6.07) is 47.0. The van der Waals surface area contributed by atoms with Crippen LogP contribution in [0.15, 0.2) is 127 Å². The lowest BCUT2D eigenvalue weighted by Gasteiger charge is -2.08. The van der Waals surface area contributed by atoms with Crippen LogP contribution in [0.3, 0.4) is 0 Å². The van der Waals surface area contributed by atoms with Crippen LogP contribution in [0.4, 0.5) is 0 Å². The maximum atomic E-state index is 2.40. The average molecular weight is 532 g/mol. The molecule has 6 aromatic carbocycles. The molecule has 0 saturated carbocycles. The smallest absolute Gasteiger partial charge is 0.0541 e. The lowest BCUT2D eigenvalue weighted by atomic mass is 10.0. The number of rotatable bonds is 2. The summed E-state index contributed by atoms with van der Waals surface area (Å²) in [6.07, 6.45) is 0. The number of aromatic nitrogens is 1. The maximum Gasteiger partial charge on any atom is 0.0541 e. The summed E-state index contributed by atoms with van der Waals surface area (Å²) in [4.78, 5) is 0. The molecule has 0 radical (unpaired) electrons. The van der Waals surface area contributed by atoms with E-state index >= 15 is 0 Å². The number of hydrogen-bond acceptors (Lipinski definition) is 2.